The molecule has 0 radical (unpaired) electrons. The largest absolute Gasteiger partial charge is 0.452 e. The van der Waals surface area contributed by atoms with Crippen LogP contribution in [0.1, 0.15) is 19.7 Å². The Kier molecular flexibility index (Phi) is 4.60. The van der Waals surface area contributed by atoms with Gasteiger partial charge in [0.1, 0.15) is 0 Å². The van der Waals surface area contributed by atoms with E-state index >= 15 is 0 Å². The Balaban J connectivity index is 2.51. The second-order valence-electron chi connectivity index (χ2n) is 4.75. The third-order valence-electron chi connectivity index (χ3n) is 3.41. The van der Waals surface area contributed by atoms with E-state index in [2.05, 4.69) is 10.00 Å². The molecule has 0 spiro atoms. The summed E-state index contributed by atoms with van der Waals surface area (Å²) in [5, 5.41) is 3.49. The average molecular weight is 330 g/mol. The SMILES string of the molecule is CCN(CC)c1ccc(-n2c(C(F)(F)F)nn(C)c2=S)cc1. The molecule has 0 aliphatic carbocycles. The number of nitrogens with zero attached hydrogens (tertiary/aromatic N) is 4. The Bertz CT molecular complexity index is 696. The first-order chi connectivity index (χ1) is 10.3. The van der Waals surface area contributed by atoms with Gasteiger partial charge in [0.15, 0.2) is 0 Å². The minimum Gasteiger partial charge on any atom is -0.372 e. The van der Waals surface area contributed by atoms with Gasteiger partial charge in [-0.2, -0.15) is 13.2 Å². The second-order valence-corrected chi connectivity index (χ2v) is 5.12. The summed E-state index contributed by atoms with van der Waals surface area (Å²) in [4.78, 5) is 2.11. The predicted octanol–water partition coefficient (Wildman–Crippen LogP) is 3.81. The first kappa shape index (κ1) is 16.5. The molecular weight excluding hydrogens is 313 g/mol. The van der Waals surface area contributed by atoms with E-state index in [4.69, 9.17) is 12.2 Å². The van der Waals surface area contributed by atoms with Crippen LogP contribution in [0.25, 0.3) is 5.69 Å². The second kappa shape index (κ2) is 6.12. The number of benzene rings is 1. The zero-order chi connectivity index (χ0) is 16.5. The van der Waals surface area contributed by atoms with E-state index in [1.807, 2.05) is 13.8 Å². The van der Waals surface area contributed by atoms with E-state index < -0.39 is 12.0 Å². The van der Waals surface area contributed by atoms with Gasteiger partial charge in [-0.1, -0.05) is 0 Å². The molecule has 0 saturated carbocycles. The van der Waals surface area contributed by atoms with Crippen molar-refractivity contribution in [2.45, 2.75) is 20.0 Å². The maximum Gasteiger partial charge on any atom is 0.452 e. The third-order valence-corrected chi connectivity index (χ3v) is 3.86. The molecule has 8 heteroatoms. The molecule has 0 bridgehead atoms. The van der Waals surface area contributed by atoms with Crippen LogP contribution in [0.2, 0.25) is 0 Å². The van der Waals surface area contributed by atoms with E-state index in [-0.39, 0.29) is 4.77 Å². The van der Waals surface area contributed by atoms with Crippen LogP contribution >= 0.6 is 12.2 Å². The number of rotatable bonds is 4. The summed E-state index contributed by atoms with van der Waals surface area (Å²) in [5.74, 6) is -1.02. The lowest BCUT2D eigenvalue weighted by Gasteiger charge is -2.21. The topological polar surface area (TPSA) is 26.0 Å². The van der Waals surface area contributed by atoms with Crippen molar-refractivity contribution in [3.63, 3.8) is 0 Å². The molecule has 4 nitrogen and oxygen atoms in total. The zero-order valence-corrected chi connectivity index (χ0v) is 13.4. The van der Waals surface area contributed by atoms with E-state index in [0.717, 1.165) is 28.0 Å². The molecule has 0 aliphatic rings. The van der Waals surface area contributed by atoms with Crippen LogP contribution < -0.4 is 4.90 Å². The van der Waals surface area contributed by atoms with Gasteiger partial charge in [0.05, 0.1) is 5.69 Å². The molecule has 0 unspecified atom stereocenters. The van der Waals surface area contributed by atoms with Crippen LogP contribution in [-0.2, 0) is 13.2 Å². The lowest BCUT2D eigenvalue weighted by atomic mass is 10.2. The summed E-state index contributed by atoms with van der Waals surface area (Å²) in [7, 11) is 1.40. The van der Waals surface area contributed by atoms with E-state index in [0.29, 0.717) is 5.69 Å². The quantitative estimate of drug-likeness (QED) is 0.798. The Morgan fingerprint density at radius 2 is 1.68 bits per heavy atom. The molecule has 2 rings (SSSR count). The minimum atomic E-state index is -4.56. The molecule has 120 valence electrons. The number of hydrogen-bond acceptors (Lipinski definition) is 3. The van der Waals surface area contributed by atoms with Gasteiger partial charge in [0.25, 0.3) is 0 Å². The molecule has 0 amide bonds. The fraction of sp³-hybridized carbons (Fsp3) is 0.429. The van der Waals surface area contributed by atoms with Crippen molar-refractivity contribution in [2.24, 2.45) is 7.05 Å². The third kappa shape index (κ3) is 3.01. The van der Waals surface area contributed by atoms with Gasteiger partial charge in [-0.15, -0.1) is 5.10 Å². The van der Waals surface area contributed by atoms with Crippen LogP contribution in [0.4, 0.5) is 18.9 Å². The summed E-state index contributed by atoms with van der Waals surface area (Å²) in [5.41, 5.74) is 1.30. The highest BCUT2D eigenvalue weighted by Crippen LogP contribution is 2.30. The monoisotopic (exact) mass is 330 g/mol. The van der Waals surface area contributed by atoms with Gasteiger partial charge in [-0.05, 0) is 50.3 Å². The van der Waals surface area contributed by atoms with Crippen LogP contribution in [0, 0.1) is 4.77 Å². The lowest BCUT2D eigenvalue weighted by molar-refractivity contribution is -0.146. The first-order valence-electron chi connectivity index (χ1n) is 6.88. The summed E-state index contributed by atoms with van der Waals surface area (Å²) < 4.78 is 41.3. The van der Waals surface area contributed by atoms with Crippen molar-refractivity contribution in [3.8, 4) is 5.69 Å². The molecule has 1 aromatic heterocycles. The molecule has 0 N–H and O–H groups in total. The number of aryl methyl sites for hydroxylation is 1. The van der Waals surface area contributed by atoms with Gasteiger partial charge in [0, 0.05) is 25.8 Å². The van der Waals surface area contributed by atoms with Gasteiger partial charge >= 0.3 is 6.18 Å². The fourth-order valence-corrected chi connectivity index (χ4v) is 2.52. The van der Waals surface area contributed by atoms with Crippen molar-refractivity contribution < 1.29 is 13.2 Å². The number of halogens is 3. The smallest absolute Gasteiger partial charge is 0.372 e. The Labute approximate surface area is 131 Å². The summed E-state index contributed by atoms with van der Waals surface area (Å²) in [6, 6.07) is 6.83. The number of alkyl halides is 3. The molecule has 1 aromatic carbocycles. The van der Waals surface area contributed by atoms with Gasteiger partial charge in [-0.3, -0.25) is 4.57 Å². The number of anilines is 1. The summed E-state index contributed by atoms with van der Waals surface area (Å²) in [6.07, 6.45) is -4.56. The maximum absolute atomic E-state index is 13.1. The molecule has 0 atom stereocenters. The number of aromatic nitrogens is 3. The van der Waals surface area contributed by atoms with Crippen molar-refractivity contribution >= 4 is 17.9 Å². The molecule has 0 fully saturated rings. The van der Waals surface area contributed by atoms with Gasteiger partial charge in [0.2, 0.25) is 10.6 Å². The predicted molar refractivity (Wildman–Crippen MR) is 81.9 cm³/mol. The zero-order valence-electron chi connectivity index (χ0n) is 12.6. The maximum atomic E-state index is 13.1. The standard InChI is InChI=1S/C14H17F3N4S/c1-4-20(5-2)10-6-8-11(9-7-10)21-12(14(15,16)17)18-19(3)13(21)22/h6-9H,4-5H2,1-3H3. The Morgan fingerprint density at radius 1 is 1.14 bits per heavy atom. The van der Waals surface area contributed by atoms with Gasteiger partial charge < -0.3 is 4.90 Å². The lowest BCUT2D eigenvalue weighted by Crippen LogP contribution is -2.21. The molecule has 0 aliphatic heterocycles. The van der Waals surface area contributed by atoms with Crippen LogP contribution in [-0.4, -0.2) is 27.4 Å². The molecular formula is C14H17F3N4S. The number of hydrogen-bond donors (Lipinski definition) is 0. The van der Waals surface area contributed by atoms with Crippen LogP contribution in [0.5, 0.6) is 0 Å². The van der Waals surface area contributed by atoms with Crippen molar-refractivity contribution in [3.05, 3.63) is 34.9 Å². The summed E-state index contributed by atoms with van der Waals surface area (Å²) in [6.45, 7) is 5.71. The van der Waals surface area contributed by atoms with Crippen molar-refractivity contribution in [2.75, 3.05) is 18.0 Å². The minimum absolute atomic E-state index is 0.00270. The van der Waals surface area contributed by atoms with Crippen LogP contribution in [0.15, 0.2) is 24.3 Å². The highest BCUT2D eigenvalue weighted by atomic mass is 32.1. The molecule has 0 saturated heterocycles. The Hall–Kier alpha value is -1.83. The highest BCUT2D eigenvalue weighted by Gasteiger charge is 2.38. The molecule has 22 heavy (non-hydrogen) atoms. The normalized spacial score (nSPS) is 11.7. The molecule has 1 heterocycles. The molecule has 2 aromatic rings. The van der Waals surface area contributed by atoms with E-state index in [1.165, 1.54) is 7.05 Å². The van der Waals surface area contributed by atoms with E-state index in [9.17, 15) is 13.2 Å². The average Bonchev–Trinajstić information content (AvgIpc) is 2.77. The van der Waals surface area contributed by atoms with E-state index in [1.54, 1.807) is 24.3 Å². The summed E-state index contributed by atoms with van der Waals surface area (Å²) >= 11 is 5.05. The first-order valence-corrected chi connectivity index (χ1v) is 7.29. The highest BCUT2D eigenvalue weighted by molar-refractivity contribution is 7.71. The van der Waals surface area contributed by atoms with Crippen LogP contribution in [0.3, 0.4) is 0 Å². The van der Waals surface area contributed by atoms with Crippen molar-refractivity contribution in [1.82, 2.24) is 14.3 Å². The van der Waals surface area contributed by atoms with Crippen molar-refractivity contribution in [1.29, 1.82) is 0 Å². The van der Waals surface area contributed by atoms with Gasteiger partial charge in [-0.25, -0.2) is 4.68 Å². The fourth-order valence-electron chi connectivity index (χ4n) is 2.28. The Morgan fingerprint density at radius 3 is 2.14 bits per heavy atom.